The Bertz CT molecular complexity index is 1120. The summed E-state index contributed by atoms with van der Waals surface area (Å²) in [5.41, 5.74) is 5.44. The second kappa shape index (κ2) is 8.62. The molecular formula is C25H31N5O2. The maximum absolute atomic E-state index is 13.3. The van der Waals surface area contributed by atoms with E-state index in [4.69, 9.17) is 4.84 Å². The molecule has 32 heavy (non-hydrogen) atoms. The molecule has 0 N–H and O–H groups in total. The molecular weight excluding hydrogens is 402 g/mol. The third-order valence-electron chi connectivity index (χ3n) is 6.94. The first-order chi connectivity index (χ1) is 15.5. The Morgan fingerprint density at radius 2 is 1.94 bits per heavy atom. The highest BCUT2D eigenvalue weighted by Gasteiger charge is 2.37. The van der Waals surface area contributed by atoms with Gasteiger partial charge in [-0.1, -0.05) is 12.1 Å². The lowest BCUT2D eigenvalue weighted by Gasteiger charge is -2.32. The molecule has 1 aliphatic heterocycles. The van der Waals surface area contributed by atoms with Crippen molar-refractivity contribution in [3.63, 3.8) is 0 Å². The second-order valence-electron chi connectivity index (χ2n) is 9.41. The van der Waals surface area contributed by atoms with E-state index in [-0.39, 0.29) is 17.9 Å². The van der Waals surface area contributed by atoms with E-state index in [1.54, 1.807) is 5.06 Å². The lowest BCUT2D eigenvalue weighted by Crippen LogP contribution is -2.36. The van der Waals surface area contributed by atoms with Crippen LogP contribution in [0.3, 0.4) is 0 Å². The minimum atomic E-state index is -0.0193. The van der Waals surface area contributed by atoms with Crippen molar-refractivity contribution >= 4 is 11.6 Å². The molecule has 0 spiro atoms. The fourth-order valence-corrected chi connectivity index (χ4v) is 5.23. The highest BCUT2D eigenvalue weighted by atomic mass is 16.7. The molecule has 5 rings (SSSR count). The van der Waals surface area contributed by atoms with Gasteiger partial charge in [0.2, 0.25) is 5.91 Å². The van der Waals surface area contributed by atoms with E-state index in [0.717, 1.165) is 66.8 Å². The van der Waals surface area contributed by atoms with Crippen LogP contribution in [0.25, 0.3) is 5.65 Å². The summed E-state index contributed by atoms with van der Waals surface area (Å²) in [7, 11) is 0. The van der Waals surface area contributed by atoms with Crippen molar-refractivity contribution in [3.8, 4) is 0 Å². The standard InChI is InChI=1S/C25H31N5O2/c1-16-12-20(15-29-24(16)27-18(3)28-29)13-19-5-8-21(9-6-19)25(31)30-23(10-11-32-30)22-7-4-17(2)26-14-22/h4,7,12,14-15,19,21,23H,5-6,8-11,13H2,1-3H3/t19?,21?,23-/m0/s1. The molecule has 4 heterocycles. The fraction of sp³-hybridized carbons (Fsp3) is 0.520. The van der Waals surface area contributed by atoms with Gasteiger partial charge in [0.05, 0.1) is 12.6 Å². The summed E-state index contributed by atoms with van der Waals surface area (Å²) < 4.78 is 1.90. The van der Waals surface area contributed by atoms with Crippen molar-refractivity contribution in [2.24, 2.45) is 11.8 Å². The number of hydrogen-bond acceptors (Lipinski definition) is 5. The Kier molecular flexibility index (Phi) is 5.67. The highest BCUT2D eigenvalue weighted by Crippen LogP contribution is 2.37. The average molecular weight is 434 g/mol. The summed E-state index contributed by atoms with van der Waals surface area (Å²) in [4.78, 5) is 28.0. The molecule has 0 aromatic carbocycles. The Hall–Kier alpha value is -2.80. The van der Waals surface area contributed by atoms with Crippen molar-refractivity contribution in [1.29, 1.82) is 0 Å². The molecule has 3 aromatic heterocycles. The van der Waals surface area contributed by atoms with Crippen molar-refractivity contribution in [1.82, 2.24) is 24.6 Å². The zero-order chi connectivity index (χ0) is 22.2. The topological polar surface area (TPSA) is 72.6 Å². The summed E-state index contributed by atoms with van der Waals surface area (Å²) in [6, 6.07) is 6.28. The largest absolute Gasteiger partial charge is 0.272 e. The van der Waals surface area contributed by atoms with Crippen molar-refractivity contribution in [3.05, 3.63) is 58.8 Å². The summed E-state index contributed by atoms with van der Waals surface area (Å²) >= 11 is 0. The highest BCUT2D eigenvalue weighted by molar-refractivity contribution is 5.78. The van der Waals surface area contributed by atoms with Crippen LogP contribution in [0.15, 0.2) is 30.6 Å². The van der Waals surface area contributed by atoms with E-state index in [9.17, 15) is 4.79 Å². The SMILES string of the molecule is Cc1ccc([C@@H]2CCON2C(=O)C2CCC(Cc3cc(C)c4nc(C)nn4c3)CC2)cn1. The first-order valence-electron chi connectivity index (χ1n) is 11.7. The molecule has 1 saturated carbocycles. The van der Waals surface area contributed by atoms with Gasteiger partial charge in [-0.05, 0) is 81.5 Å². The molecule has 1 aliphatic carbocycles. The number of pyridine rings is 2. The van der Waals surface area contributed by atoms with Crippen molar-refractivity contribution < 1.29 is 9.63 Å². The van der Waals surface area contributed by atoms with Crippen LogP contribution in [0, 0.1) is 32.6 Å². The molecule has 7 heteroatoms. The minimum Gasteiger partial charge on any atom is -0.272 e. The molecule has 2 fully saturated rings. The van der Waals surface area contributed by atoms with E-state index in [0.29, 0.717) is 12.5 Å². The molecule has 2 aliphatic rings. The number of nitrogens with zero attached hydrogens (tertiary/aromatic N) is 5. The Balaban J connectivity index is 1.21. The third kappa shape index (κ3) is 4.13. The Morgan fingerprint density at radius 3 is 2.69 bits per heavy atom. The fourth-order valence-electron chi connectivity index (χ4n) is 5.23. The number of hydroxylamine groups is 2. The van der Waals surface area contributed by atoms with Gasteiger partial charge in [0.25, 0.3) is 0 Å². The van der Waals surface area contributed by atoms with E-state index >= 15 is 0 Å². The van der Waals surface area contributed by atoms with E-state index < -0.39 is 0 Å². The zero-order valence-corrected chi connectivity index (χ0v) is 19.1. The van der Waals surface area contributed by atoms with Crippen LogP contribution in [-0.4, -0.2) is 37.2 Å². The van der Waals surface area contributed by atoms with Crippen LogP contribution < -0.4 is 0 Å². The molecule has 0 radical (unpaired) electrons. The van der Waals surface area contributed by atoms with Gasteiger partial charge in [-0.3, -0.25) is 14.6 Å². The zero-order valence-electron chi connectivity index (χ0n) is 19.1. The molecule has 3 aromatic rings. The average Bonchev–Trinajstić information content (AvgIpc) is 3.41. The summed E-state index contributed by atoms with van der Waals surface area (Å²) in [6.07, 6.45) is 9.81. The van der Waals surface area contributed by atoms with Crippen LogP contribution in [0.5, 0.6) is 0 Å². The van der Waals surface area contributed by atoms with E-state index in [1.807, 2.05) is 30.6 Å². The number of aromatic nitrogens is 4. The van der Waals surface area contributed by atoms with Crippen LogP contribution in [0.4, 0.5) is 0 Å². The lowest BCUT2D eigenvalue weighted by atomic mass is 9.79. The predicted molar refractivity (Wildman–Crippen MR) is 121 cm³/mol. The predicted octanol–water partition coefficient (Wildman–Crippen LogP) is 4.30. The Morgan fingerprint density at radius 1 is 1.12 bits per heavy atom. The number of aryl methyl sites for hydroxylation is 3. The van der Waals surface area contributed by atoms with Gasteiger partial charge in [-0.2, -0.15) is 5.10 Å². The summed E-state index contributed by atoms with van der Waals surface area (Å²) in [5.74, 6) is 1.58. The van der Waals surface area contributed by atoms with Crippen LogP contribution >= 0.6 is 0 Å². The molecule has 168 valence electrons. The van der Waals surface area contributed by atoms with Crippen LogP contribution in [0.1, 0.15) is 66.4 Å². The van der Waals surface area contributed by atoms with Gasteiger partial charge in [0.15, 0.2) is 5.65 Å². The normalized spacial score (nSPS) is 23.7. The summed E-state index contributed by atoms with van der Waals surface area (Å²) in [6.45, 7) is 6.58. The molecule has 1 saturated heterocycles. The smallest absolute Gasteiger partial charge is 0.249 e. The number of carbonyl (C=O) groups is 1. The number of carbonyl (C=O) groups excluding carboxylic acids is 1. The first kappa shape index (κ1) is 21.1. The van der Waals surface area contributed by atoms with E-state index in [2.05, 4.69) is 40.3 Å². The molecule has 0 bridgehead atoms. The summed E-state index contributed by atoms with van der Waals surface area (Å²) in [5, 5.41) is 6.12. The van der Waals surface area contributed by atoms with Gasteiger partial charge in [0, 0.05) is 30.4 Å². The van der Waals surface area contributed by atoms with Gasteiger partial charge >= 0.3 is 0 Å². The third-order valence-corrected chi connectivity index (χ3v) is 6.94. The van der Waals surface area contributed by atoms with Crippen molar-refractivity contribution in [2.45, 2.75) is 65.3 Å². The monoisotopic (exact) mass is 433 g/mol. The molecule has 0 unspecified atom stereocenters. The number of hydrogen-bond donors (Lipinski definition) is 0. The van der Waals surface area contributed by atoms with Gasteiger partial charge in [0.1, 0.15) is 5.82 Å². The number of amides is 1. The number of fused-ring (bicyclic) bond motifs is 1. The van der Waals surface area contributed by atoms with Crippen LogP contribution in [0.2, 0.25) is 0 Å². The minimum absolute atomic E-state index is 0.0193. The Labute approximate surface area is 188 Å². The van der Waals surface area contributed by atoms with Crippen LogP contribution in [-0.2, 0) is 16.1 Å². The van der Waals surface area contributed by atoms with Gasteiger partial charge < -0.3 is 0 Å². The van der Waals surface area contributed by atoms with Crippen molar-refractivity contribution in [2.75, 3.05) is 6.61 Å². The lowest BCUT2D eigenvalue weighted by molar-refractivity contribution is -0.183. The molecule has 1 atom stereocenters. The van der Waals surface area contributed by atoms with Gasteiger partial charge in [-0.25, -0.2) is 14.6 Å². The van der Waals surface area contributed by atoms with E-state index in [1.165, 1.54) is 5.56 Å². The maximum Gasteiger partial charge on any atom is 0.249 e. The first-order valence-corrected chi connectivity index (χ1v) is 11.7. The number of rotatable bonds is 4. The maximum atomic E-state index is 13.3. The quantitative estimate of drug-likeness (QED) is 0.613. The van der Waals surface area contributed by atoms with Gasteiger partial charge in [-0.15, -0.1) is 0 Å². The second-order valence-corrected chi connectivity index (χ2v) is 9.41. The molecule has 1 amide bonds. The molecule has 7 nitrogen and oxygen atoms in total.